The number of aliphatic hydroxyl groups is 1. The highest BCUT2D eigenvalue weighted by Crippen LogP contribution is 2.43. The molecule has 2 aromatic rings. The summed E-state index contributed by atoms with van der Waals surface area (Å²) in [6.07, 6.45) is 3.42. The van der Waals surface area contributed by atoms with Crippen LogP contribution in [-0.4, -0.2) is 22.9 Å². The number of carbonyl (C=O) groups excluding carboxylic acids is 1. The topological polar surface area (TPSA) is 43.8 Å². The predicted molar refractivity (Wildman–Crippen MR) is 121 cm³/mol. The molecule has 0 aliphatic carbocycles. The third kappa shape index (κ3) is 3.90. The molecule has 4 nitrogen and oxygen atoms in total. The van der Waals surface area contributed by atoms with Crippen molar-refractivity contribution in [1.29, 1.82) is 0 Å². The molecule has 29 heavy (non-hydrogen) atoms. The van der Waals surface area contributed by atoms with E-state index in [9.17, 15) is 9.90 Å². The van der Waals surface area contributed by atoms with Gasteiger partial charge >= 0.3 is 6.03 Å². The van der Waals surface area contributed by atoms with Crippen LogP contribution in [0.25, 0.3) is 0 Å². The first-order valence-electron chi connectivity index (χ1n) is 9.07. The number of nitrogens with zero attached hydrogens (tertiary/aromatic N) is 2. The van der Waals surface area contributed by atoms with E-state index in [0.29, 0.717) is 32.0 Å². The van der Waals surface area contributed by atoms with Crippen LogP contribution in [0.15, 0.2) is 71.3 Å². The minimum absolute atomic E-state index is 0.371. The molecule has 0 spiro atoms. The molecule has 7 heteroatoms. The Morgan fingerprint density at radius 1 is 1.03 bits per heavy atom. The van der Waals surface area contributed by atoms with E-state index in [0.717, 1.165) is 0 Å². The molecule has 0 saturated carbocycles. The molecule has 1 aliphatic heterocycles. The number of halogens is 3. The summed E-state index contributed by atoms with van der Waals surface area (Å²) in [5, 5.41) is 13.5. The van der Waals surface area contributed by atoms with Crippen LogP contribution in [0.1, 0.15) is 20.8 Å². The first kappa shape index (κ1) is 21.7. The maximum absolute atomic E-state index is 13.6. The first-order valence-corrected chi connectivity index (χ1v) is 10.2. The Balaban J connectivity index is 2.21. The van der Waals surface area contributed by atoms with Crippen LogP contribution in [0.5, 0.6) is 0 Å². The molecular weight excluding hydrogens is 431 g/mol. The molecule has 0 bridgehead atoms. The summed E-state index contributed by atoms with van der Waals surface area (Å²) in [4.78, 5) is 16.5. The fourth-order valence-electron chi connectivity index (χ4n) is 3.61. The number of anilines is 2. The number of benzene rings is 2. The van der Waals surface area contributed by atoms with Gasteiger partial charge in [0.25, 0.3) is 0 Å². The minimum Gasteiger partial charge on any atom is -0.365 e. The van der Waals surface area contributed by atoms with E-state index in [1.807, 2.05) is 0 Å². The SMILES string of the molecule is C/C=C(\C=C(/C)Cl)C1(O)C(C)N(c2ccc(Cl)cc2)C(=O)N1c1ccc(Cl)cc1. The average molecular weight is 452 g/mol. The molecule has 2 unspecified atom stereocenters. The fourth-order valence-corrected chi connectivity index (χ4v) is 3.98. The van der Waals surface area contributed by atoms with Crippen molar-refractivity contribution in [2.45, 2.75) is 32.5 Å². The zero-order valence-corrected chi connectivity index (χ0v) is 18.5. The Kier molecular flexibility index (Phi) is 6.30. The summed E-state index contributed by atoms with van der Waals surface area (Å²) < 4.78 is 0. The van der Waals surface area contributed by atoms with Crippen molar-refractivity contribution < 1.29 is 9.90 Å². The standard InChI is InChI=1S/C22H21Cl3N2O2/c1-4-16(13-14(2)23)22(29)15(3)26(19-9-5-17(24)6-10-19)21(28)27(22)20-11-7-18(25)8-12-20/h4-13,15,29H,1-3H3/b14-13+,16-4+. The molecule has 2 atom stereocenters. The second kappa shape index (κ2) is 8.41. The third-order valence-electron chi connectivity index (χ3n) is 4.99. The second-order valence-corrected chi connectivity index (χ2v) is 8.29. The summed E-state index contributed by atoms with van der Waals surface area (Å²) in [5.74, 6) is 0. The van der Waals surface area contributed by atoms with Gasteiger partial charge in [-0.25, -0.2) is 4.79 Å². The van der Waals surface area contributed by atoms with Crippen molar-refractivity contribution in [3.05, 3.63) is 81.3 Å². The summed E-state index contributed by atoms with van der Waals surface area (Å²) in [6.45, 7) is 5.31. The van der Waals surface area contributed by atoms with Crippen molar-refractivity contribution in [2.75, 3.05) is 9.80 Å². The zero-order valence-electron chi connectivity index (χ0n) is 16.2. The summed E-state index contributed by atoms with van der Waals surface area (Å²) in [6, 6.07) is 12.7. The summed E-state index contributed by atoms with van der Waals surface area (Å²) in [5.41, 5.74) is 0.00129. The van der Waals surface area contributed by atoms with Crippen LogP contribution in [-0.2, 0) is 0 Å². The molecule has 1 aliphatic rings. The summed E-state index contributed by atoms with van der Waals surface area (Å²) >= 11 is 18.2. The highest BCUT2D eigenvalue weighted by Gasteiger charge is 2.57. The lowest BCUT2D eigenvalue weighted by molar-refractivity contribution is 0.0815. The van der Waals surface area contributed by atoms with Gasteiger partial charge in [-0.3, -0.25) is 9.80 Å². The molecule has 2 amide bonds. The molecule has 1 N–H and O–H groups in total. The molecule has 3 rings (SSSR count). The van der Waals surface area contributed by atoms with E-state index in [2.05, 4.69) is 0 Å². The average Bonchev–Trinajstić information content (AvgIpc) is 2.88. The number of rotatable bonds is 4. The Labute approximate surface area is 185 Å². The molecule has 2 aromatic carbocycles. The molecule has 0 radical (unpaired) electrons. The maximum atomic E-state index is 13.6. The lowest BCUT2D eigenvalue weighted by atomic mass is 9.93. The van der Waals surface area contributed by atoms with E-state index in [1.54, 1.807) is 86.4 Å². The molecule has 0 aromatic heterocycles. The number of urea groups is 1. The monoisotopic (exact) mass is 450 g/mol. The zero-order chi connectivity index (χ0) is 21.3. The third-order valence-corrected chi connectivity index (χ3v) is 5.60. The quantitative estimate of drug-likeness (QED) is 0.532. The van der Waals surface area contributed by atoms with Crippen LogP contribution in [0.2, 0.25) is 10.0 Å². The highest BCUT2D eigenvalue weighted by atomic mass is 35.5. The van der Waals surface area contributed by atoms with Crippen LogP contribution in [0, 0.1) is 0 Å². The minimum atomic E-state index is -1.66. The van der Waals surface area contributed by atoms with Gasteiger partial charge in [0.05, 0.1) is 6.04 Å². The van der Waals surface area contributed by atoms with E-state index >= 15 is 0 Å². The van der Waals surface area contributed by atoms with Crippen molar-refractivity contribution in [3.63, 3.8) is 0 Å². The Bertz CT molecular complexity index is 967. The van der Waals surface area contributed by atoms with Gasteiger partial charge in [-0.2, -0.15) is 0 Å². The van der Waals surface area contributed by atoms with Gasteiger partial charge in [-0.05, 0) is 75.4 Å². The van der Waals surface area contributed by atoms with Gasteiger partial charge < -0.3 is 5.11 Å². The smallest absolute Gasteiger partial charge is 0.332 e. The van der Waals surface area contributed by atoms with Gasteiger partial charge in [0.2, 0.25) is 0 Å². The Hall–Kier alpha value is -1.98. The van der Waals surface area contributed by atoms with Crippen LogP contribution in [0.3, 0.4) is 0 Å². The van der Waals surface area contributed by atoms with Crippen molar-refractivity contribution >= 4 is 52.2 Å². The van der Waals surface area contributed by atoms with E-state index in [1.165, 1.54) is 4.90 Å². The molecule has 1 heterocycles. The lowest BCUT2D eigenvalue weighted by Crippen LogP contribution is -2.52. The van der Waals surface area contributed by atoms with Crippen LogP contribution >= 0.6 is 34.8 Å². The van der Waals surface area contributed by atoms with Gasteiger partial charge in [0, 0.05) is 32.0 Å². The van der Waals surface area contributed by atoms with Crippen LogP contribution in [0.4, 0.5) is 16.2 Å². The first-order chi connectivity index (χ1) is 13.7. The predicted octanol–water partition coefficient (Wildman–Crippen LogP) is 6.61. The number of amides is 2. The maximum Gasteiger partial charge on any atom is 0.332 e. The van der Waals surface area contributed by atoms with Gasteiger partial charge in [0.15, 0.2) is 5.72 Å². The highest BCUT2D eigenvalue weighted by molar-refractivity contribution is 6.31. The molecule has 1 fully saturated rings. The van der Waals surface area contributed by atoms with Gasteiger partial charge in [0.1, 0.15) is 0 Å². The van der Waals surface area contributed by atoms with E-state index < -0.39 is 11.8 Å². The summed E-state index contributed by atoms with van der Waals surface area (Å²) in [7, 11) is 0. The van der Waals surface area contributed by atoms with E-state index in [-0.39, 0.29) is 6.03 Å². The molecular formula is C22H21Cl3N2O2. The number of carbonyl (C=O) groups is 1. The number of hydrogen-bond acceptors (Lipinski definition) is 2. The van der Waals surface area contributed by atoms with E-state index in [4.69, 9.17) is 34.8 Å². The van der Waals surface area contributed by atoms with Gasteiger partial charge in [-0.1, -0.05) is 40.9 Å². The fraction of sp³-hybridized carbons (Fsp3) is 0.227. The molecule has 1 saturated heterocycles. The van der Waals surface area contributed by atoms with Crippen molar-refractivity contribution in [3.8, 4) is 0 Å². The number of allylic oxidation sites excluding steroid dienone is 2. The van der Waals surface area contributed by atoms with Crippen molar-refractivity contribution in [2.24, 2.45) is 0 Å². The second-order valence-electron chi connectivity index (χ2n) is 6.82. The molecule has 152 valence electrons. The van der Waals surface area contributed by atoms with Crippen LogP contribution < -0.4 is 9.80 Å². The number of hydrogen-bond donors (Lipinski definition) is 1. The largest absolute Gasteiger partial charge is 0.365 e. The van der Waals surface area contributed by atoms with Gasteiger partial charge in [-0.15, -0.1) is 0 Å². The normalized spacial score (nSPS) is 23.1. The lowest BCUT2D eigenvalue weighted by Gasteiger charge is -2.36. The Morgan fingerprint density at radius 2 is 1.52 bits per heavy atom. The Morgan fingerprint density at radius 3 is 1.97 bits per heavy atom. The van der Waals surface area contributed by atoms with Crippen molar-refractivity contribution in [1.82, 2.24) is 0 Å².